The van der Waals surface area contributed by atoms with Crippen molar-refractivity contribution in [2.75, 3.05) is 30.3 Å². The second-order valence-electron chi connectivity index (χ2n) is 7.03. The van der Waals surface area contributed by atoms with Gasteiger partial charge in [-0.3, -0.25) is 4.79 Å². The normalized spacial score (nSPS) is 14.8. The van der Waals surface area contributed by atoms with E-state index >= 15 is 0 Å². The van der Waals surface area contributed by atoms with Gasteiger partial charge in [-0.1, -0.05) is 12.5 Å². The van der Waals surface area contributed by atoms with Crippen molar-refractivity contribution < 1.29 is 13.2 Å². The van der Waals surface area contributed by atoms with E-state index in [1.165, 1.54) is 4.31 Å². The number of piperidine rings is 1. The van der Waals surface area contributed by atoms with Gasteiger partial charge in [-0.25, -0.2) is 8.42 Å². The maximum absolute atomic E-state index is 12.9. The van der Waals surface area contributed by atoms with Crippen LogP contribution in [0.1, 0.15) is 30.4 Å². The first kappa shape index (κ1) is 20.8. The summed E-state index contributed by atoms with van der Waals surface area (Å²) in [6.45, 7) is 2.95. The third-order valence-electron chi connectivity index (χ3n) is 4.90. The van der Waals surface area contributed by atoms with E-state index in [-0.39, 0.29) is 17.3 Å². The number of rotatable bonds is 6. The summed E-state index contributed by atoms with van der Waals surface area (Å²) in [5, 5.41) is 14.6. The fourth-order valence-electron chi connectivity index (χ4n) is 3.22. The predicted molar refractivity (Wildman–Crippen MR) is 112 cm³/mol. The van der Waals surface area contributed by atoms with Crippen LogP contribution < -0.4 is 10.6 Å². The number of carbonyl (C=O) groups is 1. The number of nitrogens with one attached hydrogen (secondary N) is 2. The van der Waals surface area contributed by atoms with Crippen molar-refractivity contribution in [1.29, 1.82) is 5.26 Å². The van der Waals surface area contributed by atoms with Gasteiger partial charge in [-0.05, 0) is 61.7 Å². The first-order valence-electron chi connectivity index (χ1n) is 9.55. The monoisotopic (exact) mass is 412 g/mol. The van der Waals surface area contributed by atoms with Crippen molar-refractivity contribution in [1.82, 2.24) is 4.31 Å². The van der Waals surface area contributed by atoms with Crippen molar-refractivity contribution >= 4 is 27.3 Å². The molecule has 8 heteroatoms. The van der Waals surface area contributed by atoms with Crippen molar-refractivity contribution in [3.63, 3.8) is 0 Å². The number of hydrogen-bond acceptors (Lipinski definition) is 5. The summed E-state index contributed by atoms with van der Waals surface area (Å²) >= 11 is 0. The minimum absolute atomic E-state index is 0.00590. The van der Waals surface area contributed by atoms with Crippen LogP contribution in [-0.4, -0.2) is 38.3 Å². The van der Waals surface area contributed by atoms with Crippen LogP contribution in [0.5, 0.6) is 0 Å². The van der Waals surface area contributed by atoms with Crippen LogP contribution in [0.15, 0.2) is 47.4 Å². The Kier molecular flexibility index (Phi) is 6.52. The third-order valence-corrected chi connectivity index (χ3v) is 6.79. The van der Waals surface area contributed by atoms with E-state index in [0.29, 0.717) is 30.0 Å². The highest BCUT2D eigenvalue weighted by Crippen LogP contribution is 2.25. The van der Waals surface area contributed by atoms with Gasteiger partial charge < -0.3 is 10.6 Å². The number of anilines is 2. The van der Waals surface area contributed by atoms with Gasteiger partial charge in [-0.2, -0.15) is 9.57 Å². The number of hydrogen-bond donors (Lipinski definition) is 2. The molecule has 2 aromatic rings. The fraction of sp³-hybridized carbons (Fsp3) is 0.333. The van der Waals surface area contributed by atoms with Gasteiger partial charge >= 0.3 is 0 Å². The molecule has 1 saturated heterocycles. The molecule has 0 aromatic heterocycles. The molecule has 1 heterocycles. The zero-order chi connectivity index (χ0) is 20.9. The molecule has 0 saturated carbocycles. The molecule has 0 atom stereocenters. The maximum Gasteiger partial charge on any atom is 0.243 e. The lowest BCUT2D eigenvalue weighted by Crippen LogP contribution is -2.35. The van der Waals surface area contributed by atoms with Gasteiger partial charge in [-0.15, -0.1) is 0 Å². The first-order valence-corrected chi connectivity index (χ1v) is 11.0. The molecule has 1 fully saturated rings. The Labute approximate surface area is 171 Å². The molecule has 3 rings (SSSR count). The van der Waals surface area contributed by atoms with Gasteiger partial charge in [0, 0.05) is 24.5 Å². The van der Waals surface area contributed by atoms with Crippen LogP contribution in [0.25, 0.3) is 0 Å². The number of aryl methyl sites for hydroxylation is 1. The largest absolute Gasteiger partial charge is 0.376 e. The predicted octanol–water partition coefficient (Wildman–Crippen LogP) is 3.09. The van der Waals surface area contributed by atoms with E-state index in [2.05, 4.69) is 10.6 Å². The van der Waals surface area contributed by atoms with Crippen LogP contribution in [0.2, 0.25) is 0 Å². The molecule has 0 bridgehead atoms. The number of sulfonamides is 1. The Balaban J connectivity index is 1.66. The summed E-state index contributed by atoms with van der Waals surface area (Å²) in [5.41, 5.74) is 2.57. The highest BCUT2D eigenvalue weighted by Gasteiger charge is 2.26. The van der Waals surface area contributed by atoms with Crippen molar-refractivity contribution in [3.05, 3.63) is 53.6 Å². The Morgan fingerprint density at radius 2 is 1.79 bits per heavy atom. The second kappa shape index (κ2) is 9.07. The van der Waals surface area contributed by atoms with Crippen molar-refractivity contribution in [2.24, 2.45) is 0 Å². The molecular formula is C21H24N4O3S. The summed E-state index contributed by atoms with van der Waals surface area (Å²) in [7, 11) is -3.53. The summed E-state index contributed by atoms with van der Waals surface area (Å²) in [5.74, 6) is -0.265. The summed E-state index contributed by atoms with van der Waals surface area (Å²) < 4.78 is 27.3. The van der Waals surface area contributed by atoms with Gasteiger partial charge in [0.1, 0.15) is 0 Å². The molecule has 1 aliphatic heterocycles. The van der Waals surface area contributed by atoms with Gasteiger partial charge in [0.25, 0.3) is 0 Å². The molecule has 2 N–H and O–H groups in total. The molecule has 2 aromatic carbocycles. The molecule has 152 valence electrons. The van der Waals surface area contributed by atoms with Crippen molar-refractivity contribution in [2.45, 2.75) is 31.1 Å². The van der Waals surface area contributed by atoms with Crippen LogP contribution in [0.3, 0.4) is 0 Å². The Hall–Kier alpha value is -2.89. The van der Waals surface area contributed by atoms with Crippen LogP contribution in [0, 0.1) is 18.3 Å². The molecule has 0 spiro atoms. The molecule has 0 radical (unpaired) electrons. The molecule has 7 nitrogen and oxygen atoms in total. The highest BCUT2D eigenvalue weighted by atomic mass is 32.2. The zero-order valence-electron chi connectivity index (χ0n) is 16.3. The number of benzene rings is 2. The van der Waals surface area contributed by atoms with E-state index in [4.69, 9.17) is 5.26 Å². The smallest absolute Gasteiger partial charge is 0.243 e. The van der Waals surface area contributed by atoms with Crippen LogP contribution in [0.4, 0.5) is 11.4 Å². The molecule has 1 aliphatic rings. The average Bonchev–Trinajstić information content (AvgIpc) is 2.74. The second-order valence-corrected chi connectivity index (χ2v) is 8.97. The summed E-state index contributed by atoms with van der Waals surface area (Å²) in [6.07, 6.45) is 2.82. The minimum atomic E-state index is -3.53. The van der Waals surface area contributed by atoms with E-state index in [9.17, 15) is 13.2 Å². The van der Waals surface area contributed by atoms with E-state index in [1.807, 2.05) is 13.0 Å². The standard InChI is InChI=1S/C21H24N4O3S/c1-16-5-10-19(29(27,28)25-11-3-2-4-12-25)13-20(16)23-15-21(26)24-18-8-6-17(14-22)7-9-18/h5-10,13,23H,2-4,11-12,15H2,1H3,(H,24,26). The number of amides is 1. The van der Waals surface area contributed by atoms with E-state index in [1.54, 1.807) is 42.5 Å². The number of nitrogens with zero attached hydrogens (tertiary/aromatic N) is 2. The maximum atomic E-state index is 12.9. The number of nitriles is 1. The Bertz CT molecular complexity index is 1020. The Morgan fingerprint density at radius 1 is 1.10 bits per heavy atom. The molecule has 29 heavy (non-hydrogen) atoms. The average molecular weight is 413 g/mol. The third kappa shape index (κ3) is 5.13. The van der Waals surface area contributed by atoms with Gasteiger partial charge in [0.05, 0.1) is 23.1 Å². The molecule has 0 aliphatic carbocycles. The lowest BCUT2D eigenvalue weighted by atomic mass is 10.2. The van der Waals surface area contributed by atoms with Crippen LogP contribution >= 0.6 is 0 Å². The number of carbonyl (C=O) groups excluding carboxylic acids is 1. The zero-order valence-corrected chi connectivity index (χ0v) is 17.1. The Morgan fingerprint density at radius 3 is 2.45 bits per heavy atom. The fourth-order valence-corrected chi connectivity index (χ4v) is 4.76. The van der Waals surface area contributed by atoms with E-state index in [0.717, 1.165) is 24.8 Å². The SMILES string of the molecule is Cc1ccc(S(=O)(=O)N2CCCCC2)cc1NCC(=O)Nc1ccc(C#N)cc1. The van der Waals surface area contributed by atoms with Crippen molar-refractivity contribution in [3.8, 4) is 6.07 Å². The van der Waals surface area contributed by atoms with E-state index < -0.39 is 10.0 Å². The molecule has 1 amide bonds. The minimum Gasteiger partial charge on any atom is -0.376 e. The quantitative estimate of drug-likeness (QED) is 0.759. The van der Waals surface area contributed by atoms with Gasteiger partial charge in [0.15, 0.2) is 0 Å². The lowest BCUT2D eigenvalue weighted by molar-refractivity contribution is -0.114. The first-order chi connectivity index (χ1) is 13.9. The van der Waals surface area contributed by atoms with Crippen LogP contribution in [-0.2, 0) is 14.8 Å². The lowest BCUT2D eigenvalue weighted by Gasteiger charge is -2.26. The topological polar surface area (TPSA) is 102 Å². The molecular weight excluding hydrogens is 388 g/mol. The summed E-state index contributed by atoms with van der Waals surface area (Å²) in [4.78, 5) is 12.5. The highest BCUT2D eigenvalue weighted by molar-refractivity contribution is 7.89. The van der Waals surface area contributed by atoms with Gasteiger partial charge in [0.2, 0.25) is 15.9 Å². The summed E-state index contributed by atoms with van der Waals surface area (Å²) in [6, 6.07) is 13.6. The molecule has 0 unspecified atom stereocenters.